The van der Waals surface area contributed by atoms with E-state index in [-0.39, 0.29) is 0 Å². The molecule has 3 heteroatoms. The SMILES string of the molecule is [Si]OC1CCC2OC2C1. The molecule has 0 aromatic heterocycles. The molecule has 0 bridgehead atoms. The Hall–Kier alpha value is 0.137. The van der Waals surface area contributed by atoms with Crippen LogP contribution in [0, 0.1) is 0 Å². The van der Waals surface area contributed by atoms with E-state index in [2.05, 4.69) is 10.5 Å². The molecule has 49 valence electrons. The summed E-state index contributed by atoms with van der Waals surface area (Å²) in [6, 6.07) is 0. The minimum Gasteiger partial charge on any atom is -0.416 e. The molecule has 1 saturated carbocycles. The molecule has 0 spiro atoms. The van der Waals surface area contributed by atoms with Gasteiger partial charge in [0.2, 0.25) is 10.5 Å². The second-order valence-corrected chi connectivity index (χ2v) is 3.00. The molecule has 1 aliphatic heterocycles. The summed E-state index contributed by atoms with van der Waals surface area (Å²) < 4.78 is 10.3. The second-order valence-electron chi connectivity index (χ2n) is 2.77. The van der Waals surface area contributed by atoms with Crippen molar-refractivity contribution in [2.75, 3.05) is 0 Å². The van der Waals surface area contributed by atoms with Crippen molar-refractivity contribution in [3.05, 3.63) is 0 Å². The molecule has 1 saturated heterocycles. The third-order valence-electron chi connectivity index (χ3n) is 2.12. The summed E-state index contributed by atoms with van der Waals surface area (Å²) in [6.07, 6.45) is 4.91. The first-order chi connectivity index (χ1) is 4.40. The molecule has 1 aliphatic carbocycles. The summed E-state index contributed by atoms with van der Waals surface area (Å²) in [5.74, 6) is 0. The minimum atomic E-state index is 0.394. The van der Waals surface area contributed by atoms with Crippen LogP contribution in [0.5, 0.6) is 0 Å². The Bertz CT molecular complexity index is 118. The quantitative estimate of drug-likeness (QED) is 0.389. The second kappa shape index (κ2) is 2.07. The van der Waals surface area contributed by atoms with Crippen LogP contribution in [-0.2, 0) is 9.16 Å². The molecule has 0 N–H and O–H groups in total. The molecular formula is C6H9O2Si. The van der Waals surface area contributed by atoms with E-state index in [1.165, 1.54) is 6.42 Å². The summed E-state index contributed by atoms with van der Waals surface area (Å²) in [6.45, 7) is 0. The number of epoxide rings is 1. The van der Waals surface area contributed by atoms with Crippen molar-refractivity contribution in [3.8, 4) is 0 Å². The highest BCUT2D eigenvalue weighted by Crippen LogP contribution is 2.37. The van der Waals surface area contributed by atoms with Crippen molar-refractivity contribution in [2.45, 2.75) is 37.6 Å². The molecule has 9 heavy (non-hydrogen) atoms. The lowest BCUT2D eigenvalue weighted by atomic mass is 9.98. The minimum absolute atomic E-state index is 0.394. The molecule has 2 fully saturated rings. The van der Waals surface area contributed by atoms with Crippen molar-refractivity contribution in [1.82, 2.24) is 0 Å². The zero-order chi connectivity index (χ0) is 6.27. The maximum atomic E-state index is 5.31. The highest BCUT2D eigenvalue weighted by molar-refractivity contribution is 5.98. The van der Waals surface area contributed by atoms with E-state index < -0.39 is 0 Å². The van der Waals surface area contributed by atoms with E-state index >= 15 is 0 Å². The van der Waals surface area contributed by atoms with Gasteiger partial charge >= 0.3 is 0 Å². The molecule has 2 aliphatic rings. The van der Waals surface area contributed by atoms with Gasteiger partial charge in [-0.3, -0.25) is 0 Å². The van der Waals surface area contributed by atoms with Gasteiger partial charge in [-0.1, -0.05) is 0 Å². The van der Waals surface area contributed by atoms with Crippen molar-refractivity contribution < 1.29 is 9.16 Å². The summed E-state index contributed by atoms with van der Waals surface area (Å²) in [5.41, 5.74) is 0. The lowest BCUT2D eigenvalue weighted by Gasteiger charge is -2.16. The van der Waals surface area contributed by atoms with Crippen molar-refractivity contribution in [3.63, 3.8) is 0 Å². The Kier molecular flexibility index (Phi) is 1.36. The highest BCUT2D eigenvalue weighted by Gasteiger charge is 2.43. The fourth-order valence-electron chi connectivity index (χ4n) is 1.47. The summed E-state index contributed by atoms with van der Waals surface area (Å²) in [7, 11) is 3.05. The molecule has 3 unspecified atom stereocenters. The van der Waals surface area contributed by atoms with Crippen LogP contribution in [0.4, 0.5) is 0 Å². The van der Waals surface area contributed by atoms with Crippen LogP contribution in [0.15, 0.2) is 0 Å². The van der Waals surface area contributed by atoms with Gasteiger partial charge < -0.3 is 9.16 Å². The molecule has 2 rings (SSSR count). The fraction of sp³-hybridized carbons (Fsp3) is 1.00. The molecule has 0 amide bonds. The number of rotatable bonds is 1. The third kappa shape index (κ3) is 1.04. The zero-order valence-corrected chi connectivity index (χ0v) is 6.17. The number of hydrogen-bond acceptors (Lipinski definition) is 2. The Balaban J connectivity index is 1.86. The average molecular weight is 141 g/mol. The smallest absolute Gasteiger partial charge is 0.246 e. The van der Waals surface area contributed by atoms with E-state index in [0.29, 0.717) is 18.3 Å². The van der Waals surface area contributed by atoms with Gasteiger partial charge in [-0.15, -0.1) is 0 Å². The van der Waals surface area contributed by atoms with Crippen molar-refractivity contribution in [1.29, 1.82) is 0 Å². The molecule has 3 radical (unpaired) electrons. The van der Waals surface area contributed by atoms with E-state index in [0.717, 1.165) is 12.8 Å². The monoisotopic (exact) mass is 141 g/mol. The van der Waals surface area contributed by atoms with Crippen LogP contribution >= 0.6 is 0 Å². The lowest BCUT2D eigenvalue weighted by molar-refractivity contribution is 0.180. The van der Waals surface area contributed by atoms with Crippen LogP contribution in [0.25, 0.3) is 0 Å². The van der Waals surface area contributed by atoms with E-state index in [9.17, 15) is 0 Å². The van der Waals surface area contributed by atoms with Gasteiger partial charge in [-0.25, -0.2) is 0 Å². The maximum absolute atomic E-state index is 5.31. The Labute approximate surface area is 58.1 Å². The molecular weight excluding hydrogens is 132 g/mol. The third-order valence-corrected chi connectivity index (χ3v) is 2.46. The van der Waals surface area contributed by atoms with Crippen LogP contribution in [-0.4, -0.2) is 28.8 Å². The topological polar surface area (TPSA) is 21.8 Å². The van der Waals surface area contributed by atoms with E-state index in [1.807, 2.05) is 0 Å². The highest BCUT2D eigenvalue weighted by atomic mass is 28.2. The average Bonchev–Trinajstić information content (AvgIpc) is 2.64. The van der Waals surface area contributed by atoms with Gasteiger partial charge in [0.1, 0.15) is 0 Å². The van der Waals surface area contributed by atoms with Crippen LogP contribution in [0.3, 0.4) is 0 Å². The Morgan fingerprint density at radius 3 is 2.89 bits per heavy atom. The standard InChI is InChI=1S/C6H9O2Si/c9-8-4-1-2-5-6(3-4)7-5/h4-6H,1-3H2. The van der Waals surface area contributed by atoms with Gasteiger partial charge in [-0.2, -0.15) is 0 Å². The van der Waals surface area contributed by atoms with Crippen LogP contribution in [0.1, 0.15) is 19.3 Å². The first kappa shape index (κ1) is 5.89. The molecule has 2 nitrogen and oxygen atoms in total. The van der Waals surface area contributed by atoms with E-state index in [4.69, 9.17) is 9.16 Å². The van der Waals surface area contributed by atoms with E-state index in [1.54, 1.807) is 0 Å². The fourth-order valence-corrected chi connectivity index (χ4v) is 1.69. The molecule has 1 heterocycles. The van der Waals surface area contributed by atoms with Gasteiger partial charge in [0.05, 0.1) is 12.2 Å². The Morgan fingerprint density at radius 2 is 2.22 bits per heavy atom. The summed E-state index contributed by atoms with van der Waals surface area (Å²) >= 11 is 0. The normalized spacial score (nSPS) is 48.3. The van der Waals surface area contributed by atoms with Gasteiger partial charge in [-0.05, 0) is 12.8 Å². The maximum Gasteiger partial charge on any atom is 0.246 e. The van der Waals surface area contributed by atoms with Crippen LogP contribution < -0.4 is 0 Å². The first-order valence-electron chi connectivity index (χ1n) is 3.38. The van der Waals surface area contributed by atoms with Gasteiger partial charge in [0.15, 0.2) is 0 Å². The molecule has 3 atom stereocenters. The predicted octanol–water partition coefficient (Wildman–Crippen LogP) is 0.406. The number of ether oxygens (including phenoxy) is 1. The van der Waals surface area contributed by atoms with Gasteiger partial charge in [0.25, 0.3) is 0 Å². The van der Waals surface area contributed by atoms with Crippen molar-refractivity contribution >= 4 is 10.5 Å². The predicted molar refractivity (Wildman–Crippen MR) is 33.1 cm³/mol. The largest absolute Gasteiger partial charge is 0.416 e. The van der Waals surface area contributed by atoms with Gasteiger partial charge in [0, 0.05) is 12.5 Å². The number of hydrogen-bond donors (Lipinski definition) is 0. The molecule has 0 aromatic carbocycles. The summed E-state index contributed by atoms with van der Waals surface area (Å²) in [4.78, 5) is 0. The first-order valence-corrected chi connectivity index (χ1v) is 3.79. The van der Waals surface area contributed by atoms with Crippen LogP contribution in [0.2, 0.25) is 0 Å². The number of fused-ring (bicyclic) bond motifs is 1. The summed E-state index contributed by atoms with van der Waals surface area (Å²) in [5, 5.41) is 0. The lowest BCUT2D eigenvalue weighted by Crippen LogP contribution is -2.20. The molecule has 0 aromatic rings. The van der Waals surface area contributed by atoms with Crippen molar-refractivity contribution in [2.24, 2.45) is 0 Å². The Morgan fingerprint density at radius 1 is 1.33 bits per heavy atom. The zero-order valence-electron chi connectivity index (χ0n) is 5.17.